The Balaban J connectivity index is 1.78. The molecular weight excluding hydrogens is 452 g/mol. The molecule has 0 atom stereocenters. The minimum atomic E-state index is -0.585. The molecular formula is C26H30N2O5S. The molecule has 0 saturated carbocycles. The third-order valence-corrected chi connectivity index (χ3v) is 6.28. The summed E-state index contributed by atoms with van der Waals surface area (Å²) in [5.41, 5.74) is 3.87. The number of carbonyl (C=O) groups excluding carboxylic acids is 3. The van der Waals surface area contributed by atoms with E-state index >= 15 is 0 Å². The van der Waals surface area contributed by atoms with E-state index in [1.165, 1.54) is 11.3 Å². The van der Waals surface area contributed by atoms with Crippen molar-refractivity contribution < 1.29 is 23.9 Å². The maximum atomic E-state index is 13.0. The van der Waals surface area contributed by atoms with Crippen LogP contribution >= 0.6 is 11.3 Å². The summed E-state index contributed by atoms with van der Waals surface area (Å²) < 4.78 is 10.6. The van der Waals surface area contributed by atoms with Crippen LogP contribution in [0.3, 0.4) is 0 Å². The maximum Gasteiger partial charge on any atom is 0.341 e. The Morgan fingerprint density at radius 3 is 2.44 bits per heavy atom. The van der Waals surface area contributed by atoms with Gasteiger partial charge < -0.3 is 14.8 Å². The molecule has 0 aliphatic rings. The number of thiophene rings is 1. The zero-order valence-electron chi connectivity index (χ0n) is 20.2. The lowest BCUT2D eigenvalue weighted by molar-refractivity contribution is -0.119. The number of rotatable bonds is 9. The van der Waals surface area contributed by atoms with Gasteiger partial charge in [-0.25, -0.2) is 9.59 Å². The minimum absolute atomic E-state index is 0.236. The van der Waals surface area contributed by atoms with Crippen LogP contribution in [0.5, 0.6) is 0 Å². The molecule has 8 heteroatoms. The Bertz CT molecular complexity index is 1220. The number of hydrogen-bond acceptors (Lipinski definition) is 7. The fourth-order valence-corrected chi connectivity index (χ4v) is 4.81. The van der Waals surface area contributed by atoms with Gasteiger partial charge in [0.05, 0.1) is 23.3 Å². The number of nitrogens with one attached hydrogen (secondary N) is 1. The second-order valence-electron chi connectivity index (χ2n) is 8.34. The number of anilines is 1. The largest absolute Gasteiger partial charge is 0.462 e. The summed E-state index contributed by atoms with van der Waals surface area (Å²) in [6.45, 7) is 9.41. The summed E-state index contributed by atoms with van der Waals surface area (Å²) in [4.78, 5) is 42.8. The fourth-order valence-electron chi connectivity index (χ4n) is 3.83. The van der Waals surface area contributed by atoms with Gasteiger partial charge in [0.1, 0.15) is 5.00 Å². The second-order valence-corrected chi connectivity index (χ2v) is 9.22. The maximum absolute atomic E-state index is 13.0. The monoisotopic (exact) mass is 482 g/mol. The van der Waals surface area contributed by atoms with Crippen molar-refractivity contribution in [3.8, 4) is 0 Å². The number of nitrogens with zero attached hydrogens (tertiary/aromatic N) is 1. The summed E-state index contributed by atoms with van der Waals surface area (Å²) in [5, 5.41) is 5.65. The van der Waals surface area contributed by atoms with E-state index in [-0.39, 0.29) is 6.61 Å². The van der Waals surface area contributed by atoms with Crippen molar-refractivity contribution in [2.45, 2.75) is 47.5 Å². The molecule has 1 amide bonds. The van der Waals surface area contributed by atoms with Crippen molar-refractivity contribution in [1.82, 2.24) is 4.98 Å². The number of hydrogen-bond donors (Lipinski definition) is 1. The van der Waals surface area contributed by atoms with Crippen molar-refractivity contribution in [3.63, 3.8) is 0 Å². The lowest BCUT2D eigenvalue weighted by Gasteiger charge is -2.13. The van der Waals surface area contributed by atoms with Gasteiger partial charge in [-0.15, -0.1) is 11.3 Å². The minimum Gasteiger partial charge on any atom is -0.462 e. The highest BCUT2D eigenvalue weighted by atomic mass is 32.1. The molecule has 2 heterocycles. The van der Waals surface area contributed by atoms with Crippen LogP contribution in [0.1, 0.15) is 65.2 Å². The van der Waals surface area contributed by atoms with Gasteiger partial charge >= 0.3 is 11.9 Å². The molecule has 1 N–H and O–H groups in total. The lowest BCUT2D eigenvalue weighted by Crippen LogP contribution is -2.22. The van der Waals surface area contributed by atoms with E-state index in [9.17, 15) is 14.4 Å². The summed E-state index contributed by atoms with van der Waals surface area (Å²) in [6.07, 6.45) is 1.36. The number of aromatic nitrogens is 1. The van der Waals surface area contributed by atoms with Crippen molar-refractivity contribution in [1.29, 1.82) is 0 Å². The van der Waals surface area contributed by atoms with E-state index in [4.69, 9.17) is 9.47 Å². The topological polar surface area (TPSA) is 94.6 Å². The highest BCUT2D eigenvalue weighted by Crippen LogP contribution is 2.31. The van der Waals surface area contributed by atoms with Gasteiger partial charge in [0.25, 0.3) is 5.91 Å². The zero-order chi connectivity index (χ0) is 24.8. The third-order valence-electron chi connectivity index (χ3n) is 5.34. The van der Waals surface area contributed by atoms with E-state index < -0.39 is 24.5 Å². The van der Waals surface area contributed by atoms with Crippen molar-refractivity contribution in [3.05, 3.63) is 57.6 Å². The number of pyridine rings is 1. The van der Waals surface area contributed by atoms with Gasteiger partial charge in [-0.2, -0.15) is 0 Å². The summed E-state index contributed by atoms with van der Waals surface area (Å²) in [5.74, 6) is -1.25. The van der Waals surface area contributed by atoms with E-state index in [1.54, 1.807) is 6.92 Å². The number of ether oxygens (including phenoxy) is 2. The molecule has 2 aromatic heterocycles. The first-order valence-electron chi connectivity index (χ1n) is 11.4. The molecule has 3 aromatic rings. The summed E-state index contributed by atoms with van der Waals surface area (Å²) >= 11 is 1.26. The first-order valence-corrected chi connectivity index (χ1v) is 12.3. The Morgan fingerprint density at radius 1 is 1.06 bits per heavy atom. The second kappa shape index (κ2) is 11.2. The Morgan fingerprint density at radius 2 is 1.76 bits per heavy atom. The molecule has 3 rings (SSSR count). The average molecular weight is 483 g/mol. The molecule has 1 aromatic carbocycles. The molecule has 0 unspecified atom stereocenters. The predicted octanol–water partition coefficient (Wildman–Crippen LogP) is 5.34. The number of fused-ring (bicyclic) bond motifs is 1. The Labute approximate surface area is 203 Å². The zero-order valence-corrected chi connectivity index (χ0v) is 21.0. The van der Waals surface area contributed by atoms with Crippen molar-refractivity contribution in [2.75, 3.05) is 18.5 Å². The molecule has 0 bridgehead atoms. The first kappa shape index (κ1) is 25.4. The Kier molecular flexibility index (Phi) is 8.39. The number of para-hydroxylation sites is 1. The highest BCUT2D eigenvalue weighted by molar-refractivity contribution is 7.15. The molecule has 0 radical (unpaired) electrons. The van der Waals surface area contributed by atoms with Gasteiger partial charge in [-0.05, 0) is 55.2 Å². The standard InChI is InChI=1S/C26H30N2O5S/c1-6-19-16(5)22(18-10-8-9-11-20(18)27-19)25(30)33-13-21(29)28-24-23(26(31)32-7-2)17(14-34-24)12-15(3)4/h8-11,14-15H,6-7,12-13H2,1-5H3,(H,28,29). The van der Waals surface area contributed by atoms with Gasteiger partial charge in [0.2, 0.25) is 0 Å². The normalized spacial score (nSPS) is 11.0. The van der Waals surface area contributed by atoms with Crippen LogP contribution in [-0.4, -0.2) is 36.0 Å². The smallest absolute Gasteiger partial charge is 0.341 e. The molecule has 0 spiro atoms. The van der Waals surface area contributed by atoms with Gasteiger partial charge in [-0.3, -0.25) is 9.78 Å². The van der Waals surface area contributed by atoms with Crippen LogP contribution < -0.4 is 5.32 Å². The van der Waals surface area contributed by atoms with Crippen molar-refractivity contribution in [2.24, 2.45) is 5.92 Å². The number of aryl methyl sites for hydroxylation is 1. The van der Waals surface area contributed by atoms with Crippen LogP contribution in [-0.2, 0) is 27.1 Å². The number of carbonyl (C=O) groups is 3. The predicted molar refractivity (Wildman–Crippen MR) is 134 cm³/mol. The number of amides is 1. The molecule has 34 heavy (non-hydrogen) atoms. The van der Waals surface area contributed by atoms with Crippen LogP contribution in [0.4, 0.5) is 5.00 Å². The molecule has 0 aliphatic carbocycles. The van der Waals surface area contributed by atoms with Crippen LogP contribution in [0.15, 0.2) is 29.6 Å². The van der Waals surface area contributed by atoms with E-state index in [0.717, 1.165) is 16.8 Å². The van der Waals surface area contributed by atoms with Crippen LogP contribution in [0, 0.1) is 12.8 Å². The highest BCUT2D eigenvalue weighted by Gasteiger charge is 2.24. The quantitative estimate of drug-likeness (QED) is 0.414. The SMILES string of the molecule is CCOC(=O)c1c(CC(C)C)csc1NC(=O)COC(=O)c1c(C)c(CC)nc2ccccc12. The van der Waals surface area contributed by atoms with Crippen LogP contribution in [0.2, 0.25) is 0 Å². The average Bonchev–Trinajstić information content (AvgIpc) is 3.18. The molecule has 0 saturated heterocycles. The fraction of sp³-hybridized carbons (Fsp3) is 0.385. The number of esters is 2. The Hall–Kier alpha value is -3.26. The lowest BCUT2D eigenvalue weighted by atomic mass is 10.0. The first-order chi connectivity index (χ1) is 16.3. The van der Waals surface area contributed by atoms with Crippen molar-refractivity contribution >= 4 is 45.1 Å². The van der Waals surface area contributed by atoms with Gasteiger partial charge in [0, 0.05) is 11.1 Å². The molecule has 0 fully saturated rings. The van der Waals surface area contributed by atoms with Gasteiger partial charge in [0.15, 0.2) is 6.61 Å². The molecule has 0 aliphatic heterocycles. The van der Waals surface area contributed by atoms with E-state index in [2.05, 4.69) is 24.1 Å². The summed E-state index contributed by atoms with van der Waals surface area (Å²) in [6, 6.07) is 7.36. The van der Waals surface area contributed by atoms with E-state index in [1.807, 2.05) is 43.5 Å². The molecule has 180 valence electrons. The molecule has 7 nitrogen and oxygen atoms in total. The van der Waals surface area contributed by atoms with Gasteiger partial charge in [-0.1, -0.05) is 39.0 Å². The number of benzene rings is 1. The summed E-state index contributed by atoms with van der Waals surface area (Å²) in [7, 11) is 0. The third kappa shape index (κ3) is 5.62. The van der Waals surface area contributed by atoms with Crippen LogP contribution in [0.25, 0.3) is 10.9 Å². The van der Waals surface area contributed by atoms with E-state index in [0.29, 0.717) is 45.8 Å².